The van der Waals surface area contributed by atoms with E-state index in [-0.39, 0.29) is 12.5 Å². The Balaban J connectivity index is 1.76. The van der Waals surface area contributed by atoms with Crippen molar-refractivity contribution in [2.45, 2.75) is 32.2 Å². The normalized spacial score (nSPS) is 14.5. The summed E-state index contributed by atoms with van der Waals surface area (Å²) in [5.41, 5.74) is 0.995. The molecule has 1 heterocycles. The number of nitrogens with zero attached hydrogens (tertiary/aromatic N) is 3. The highest BCUT2D eigenvalue weighted by Gasteiger charge is 2.22. The zero-order chi connectivity index (χ0) is 15.8. The van der Waals surface area contributed by atoms with Crippen LogP contribution in [0.3, 0.4) is 0 Å². The van der Waals surface area contributed by atoms with Gasteiger partial charge in [0.1, 0.15) is 6.54 Å². The average molecular weight is 303 g/mol. The Kier molecular flexibility index (Phi) is 6.18. The number of guanidine groups is 1. The molecule has 0 radical (unpaired) electrons. The maximum Gasteiger partial charge on any atom is 0.244 e. The number of carbonyl (C=O) groups excluding carboxylic acids is 1. The molecule has 0 atom stereocenters. The van der Waals surface area contributed by atoms with Crippen molar-refractivity contribution >= 4 is 11.9 Å². The molecule has 1 fully saturated rings. The van der Waals surface area contributed by atoms with E-state index in [4.69, 9.17) is 0 Å². The molecule has 0 bridgehead atoms. The van der Waals surface area contributed by atoms with Crippen LogP contribution in [-0.4, -0.2) is 54.5 Å². The van der Waals surface area contributed by atoms with Gasteiger partial charge < -0.3 is 15.5 Å². The number of rotatable bonds is 7. The van der Waals surface area contributed by atoms with Gasteiger partial charge in [-0.25, -0.2) is 4.99 Å². The molecule has 0 unspecified atom stereocenters. The lowest BCUT2D eigenvalue weighted by Gasteiger charge is -2.16. The third-order valence-corrected chi connectivity index (χ3v) is 3.49. The Bertz CT molecular complexity index is 499. The van der Waals surface area contributed by atoms with Crippen LogP contribution in [0.1, 0.15) is 25.5 Å². The Morgan fingerprint density at radius 3 is 2.91 bits per heavy atom. The molecule has 2 rings (SSSR count). The van der Waals surface area contributed by atoms with E-state index in [0.29, 0.717) is 12.6 Å². The Labute approximate surface area is 132 Å². The summed E-state index contributed by atoms with van der Waals surface area (Å²) in [5, 5.41) is 6.47. The van der Waals surface area contributed by atoms with E-state index in [2.05, 4.69) is 20.6 Å². The van der Waals surface area contributed by atoms with Crippen LogP contribution in [0.25, 0.3) is 0 Å². The molecule has 2 N–H and O–H groups in total. The van der Waals surface area contributed by atoms with Gasteiger partial charge in [-0.15, -0.1) is 0 Å². The van der Waals surface area contributed by atoms with Crippen LogP contribution >= 0.6 is 0 Å². The summed E-state index contributed by atoms with van der Waals surface area (Å²) < 4.78 is 0. The molecule has 0 spiro atoms. The number of amides is 1. The molecule has 120 valence electrons. The van der Waals surface area contributed by atoms with Crippen LogP contribution in [-0.2, 0) is 11.2 Å². The Morgan fingerprint density at radius 2 is 2.27 bits per heavy atom. The molecule has 1 aromatic rings. The van der Waals surface area contributed by atoms with Crippen LogP contribution in [0.2, 0.25) is 0 Å². The van der Waals surface area contributed by atoms with Crippen molar-refractivity contribution in [2.24, 2.45) is 4.99 Å². The highest BCUT2D eigenvalue weighted by atomic mass is 16.2. The maximum atomic E-state index is 12.1. The first kappa shape index (κ1) is 16.3. The number of nitrogens with one attached hydrogen (secondary N) is 2. The van der Waals surface area contributed by atoms with Crippen LogP contribution in [0.5, 0.6) is 0 Å². The summed E-state index contributed by atoms with van der Waals surface area (Å²) in [6, 6.07) is 6.34. The summed E-state index contributed by atoms with van der Waals surface area (Å²) in [5.74, 6) is 0.750. The molecule has 1 aliphatic carbocycles. The second-order valence-electron chi connectivity index (χ2n) is 5.50. The Hall–Kier alpha value is -2.11. The van der Waals surface area contributed by atoms with E-state index in [9.17, 15) is 4.79 Å². The van der Waals surface area contributed by atoms with Crippen LogP contribution in [0, 0.1) is 0 Å². The molecule has 0 aliphatic heterocycles. The maximum absolute atomic E-state index is 12.1. The van der Waals surface area contributed by atoms with Crippen molar-refractivity contribution in [3.05, 3.63) is 30.1 Å². The van der Waals surface area contributed by atoms with Gasteiger partial charge in [0, 0.05) is 44.5 Å². The van der Waals surface area contributed by atoms with Crippen molar-refractivity contribution in [3.8, 4) is 0 Å². The average Bonchev–Trinajstić information content (AvgIpc) is 3.35. The number of hydrogen-bond donors (Lipinski definition) is 2. The molecular formula is C16H25N5O. The van der Waals surface area contributed by atoms with Gasteiger partial charge in [0.2, 0.25) is 5.91 Å². The highest BCUT2D eigenvalue weighted by molar-refractivity contribution is 5.85. The van der Waals surface area contributed by atoms with Gasteiger partial charge in [-0.3, -0.25) is 9.78 Å². The third kappa shape index (κ3) is 5.71. The van der Waals surface area contributed by atoms with Gasteiger partial charge in [0.25, 0.3) is 0 Å². The second-order valence-corrected chi connectivity index (χ2v) is 5.50. The molecule has 6 nitrogen and oxygen atoms in total. The fourth-order valence-electron chi connectivity index (χ4n) is 1.96. The summed E-state index contributed by atoms with van der Waals surface area (Å²) in [7, 11) is 1.81. The zero-order valence-corrected chi connectivity index (χ0v) is 13.4. The monoisotopic (exact) mass is 303 g/mol. The molecular weight excluding hydrogens is 278 g/mol. The van der Waals surface area contributed by atoms with Crippen molar-refractivity contribution < 1.29 is 4.79 Å². The quantitative estimate of drug-likeness (QED) is 0.577. The first-order valence-electron chi connectivity index (χ1n) is 7.87. The number of pyridine rings is 1. The van der Waals surface area contributed by atoms with Crippen molar-refractivity contribution in [3.63, 3.8) is 0 Å². The topological polar surface area (TPSA) is 69.6 Å². The predicted molar refractivity (Wildman–Crippen MR) is 87.7 cm³/mol. The van der Waals surface area contributed by atoms with E-state index in [1.807, 2.05) is 32.2 Å². The van der Waals surface area contributed by atoms with Crippen LogP contribution < -0.4 is 10.6 Å². The van der Waals surface area contributed by atoms with E-state index in [1.54, 1.807) is 11.1 Å². The van der Waals surface area contributed by atoms with E-state index < -0.39 is 0 Å². The minimum Gasteiger partial charge on any atom is -0.357 e. The number of hydrogen-bond acceptors (Lipinski definition) is 3. The van der Waals surface area contributed by atoms with Crippen molar-refractivity contribution in [1.29, 1.82) is 0 Å². The highest BCUT2D eigenvalue weighted by Crippen LogP contribution is 2.18. The lowest BCUT2D eigenvalue weighted by molar-refractivity contribution is -0.128. The molecule has 1 aliphatic rings. The Morgan fingerprint density at radius 1 is 1.45 bits per heavy atom. The summed E-state index contributed by atoms with van der Waals surface area (Å²) >= 11 is 0. The standard InChI is InChI=1S/C16H25N5O/c1-3-17-16(20-14-7-8-14)19-12-15(22)21(2)11-9-13-6-4-5-10-18-13/h4-6,10,14H,3,7-9,11-12H2,1-2H3,(H2,17,19,20). The van der Waals surface area contributed by atoms with E-state index >= 15 is 0 Å². The molecule has 6 heteroatoms. The van der Waals surface area contributed by atoms with Crippen LogP contribution in [0.4, 0.5) is 0 Å². The number of carbonyl (C=O) groups is 1. The van der Waals surface area contributed by atoms with E-state index in [0.717, 1.165) is 24.6 Å². The number of aliphatic imine (C=N–C) groups is 1. The molecule has 22 heavy (non-hydrogen) atoms. The molecule has 1 saturated carbocycles. The predicted octanol–water partition coefficient (Wildman–Crippen LogP) is 0.800. The minimum atomic E-state index is 0.0175. The molecule has 1 aromatic heterocycles. The lowest BCUT2D eigenvalue weighted by atomic mass is 10.2. The van der Waals surface area contributed by atoms with Gasteiger partial charge in [-0.2, -0.15) is 0 Å². The molecule has 0 aromatic carbocycles. The number of likely N-dealkylation sites (N-methyl/N-ethyl adjacent to an activating group) is 1. The first-order valence-corrected chi connectivity index (χ1v) is 7.87. The zero-order valence-electron chi connectivity index (χ0n) is 13.4. The van der Waals surface area contributed by atoms with Gasteiger partial charge in [-0.1, -0.05) is 6.07 Å². The van der Waals surface area contributed by atoms with Gasteiger partial charge >= 0.3 is 0 Å². The second kappa shape index (κ2) is 8.36. The van der Waals surface area contributed by atoms with Gasteiger partial charge in [-0.05, 0) is 31.9 Å². The lowest BCUT2D eigenvalue weighted by Crippen LogP contribution is -2.40. The fraction of sp³-hybridized carbons (Fsp3) is 0.562. The van der Waals surface area contributed by atoms with Gasteiger partial charge in [0.15, 0.2) is 5.96 Å². The largest absolute Gasteiger partial charge is 0.357 e. The number of aromatic nitrogens is 1. The summed E-state index contributed by atoms with van der Waals surface area (Å²) in [6.45, 7) is 3.63. The fourth-order valence-corrected chi connectivity index (χ4v) is 1.96. The van der Waals surface area contributed by atoms with Crippen molar-refractivity contribution in [1.82, 2.24) is 20.5 Å². The SMILES string of the molecule is CCNC(=NCC(=O)N(C)CCc1ccccn1)NC1CC1. The smallest absolute Gasteiger partial charge is 0.244 e. The summed E-state index contributed by atoms with van der Waals surface area (Å²) in [4.78, 5) is 22.4. The van der Waals surface area contributed by atoms with E-state index in [1.165, 1.54) is 12.8 Å². The van der Waals surface area contributed by atoms with Gasteiger partial charge in [0.05, 0.1) is 0 Å². The first-order chi connectivity index (χ1) is 10.7. The van der Waals surface area contributed by atoms with Crippen molar-refractivity contribution in [2.75, 3.05) is 26.7 Å². The minimum absolute atomic E-state index is 0.0175. The summed E-state index contributed by atoms with van der Waals surface area (Å²) in [6.07, 6.45) is 4.89. The molecule has 0 saturated heterocycles. The van der Waals surface area contributed by atoms with Crippen LogP contribution in [0.15, 0.2) is 29.4 Å². The third-order valence-electron chi connectivity index (χ3n) is 3.49. The molecule has 1 amide bonds.